The van der Waals surface area contributed by atoms with Gasteiger partial charge in [-0.2, -0.15) is 0 Å². The number of ketones is 1. The van der Waals surface area contributed by atoms with E-state index >= 15 is 0 Å². The van der Waals surface area contributed by atoms with Crippen molar-refractivity contribution in [1.29, 1.82) is 0 Å². The number of likely N-dealkylation sites (N-methyl/N-ethyl adjacent to an activating group) is 1. The van der Waals surface area contributed by atoms with Crippen molar-refractivity contribution in [3.8, 4) is 11.4 Å². The molecule has 0 spiro atoms. The minimum absolute atomic E-state index is 0.0217. The molecule has 0 unspecified atom stereocenters. The molecule has 8 heteroatoms. The summed E-state index contributed by atoms with van der Waals surface area (Å²) in [7, 11) is 1.60. The van der Waals surface area contributed by atoms with Gasteiger partial charge in [0.1, 0.15) is 10.6 Å². The largest absolute Gasteiger partial charge is 0.497 e. The predicted molar refractivity (Wildman–Crippen MR) is 143 cm³/mol. The zero-order chi connectivity index (χ0) is 24.5. The van der Waals surface area contributed by atoms with E-state index in [1.807, 2.05) is 31.2 Å². The Balaban J connectivity index is 1.56. The van der Waals surface area contributed by atoms with Crippen molar-refractivity contribution in [3.05, 3.63) is 80.5 Å². The molecule has 0 bridgehead atoms. The fourth-order valence-electron chi connectivity index (χ4n) is 4.36. The first-order chi connectivity index (χ1) is 17.0. The second kappa shape index (κ2) is 9.97. The van der Waals surface area contributed by atoms with Gasteiger partial charge in [-0.3, -0.25) is 19.1 Å². The Morgan fingerprint density at radius 3 is 2.57 bits per heavy atom. The number of Topliss-reactive ketones (excluding diaryl/α,β-unsaturated/α-hetero) is 1. The van der Waals surface area contributed by atoms with Crippen LogP contribution >= 0.6 is 23.1 Å². The molecule has 0 radical (unpaired) electrons. The van der Waals surface area contributed by atoms with Crippen LogP contribution in [0.5, 0.6) is 5.75 Å². The van der Waals surface area contributed by atoms with Gasteiger partial charge < -0.3 is 4.74 Å². The van der Waals surface area contributed by atoms with Gasteiger partial charge in [0.25, 0.3) is 5.56 Å². The van der Waals surface area contributed by atoms with Crippen molar-refractivity contribution in [3.63, 3.8) is 0 Å². The molecule has 0 saturated heterocycles. The number of thioether (sulfide) groups is 1. The van der Waals surface area contributed by atoms with Crippen LogP contribution < -0.4 is 10.3 Å². The minimum atomic E-state index is -0.0549. The van der Waals surface area contributed by atoms with Crippen molar-refractivity contribution in [2.45, 2.75) is 32.0 Å². The van der Waals surface area contributed by atoms with Crippen molar-refractivity contribution in [2.24, 2.45) is 0 Å². The van der Waals surface area contributed by atoms with E-state index in [-0.39, 0.29) is 17.1 Å². The van der Waals surface area contributed by atoms with Crippen LogP contribution in [0.2, 0.25) is 0 Å². The van der Waals surface area contributed by atoms with Gasteiger partial charge in [-0.25, -0.2) is 4.98 Å². The molecule has 3 heterocycles. The van der Waals surface area contributed by atoms with Gasteiger partial charge in [0.15, 0.2) is 10.9 Å². The molecule has 180 valence electrons. The van der Waals surface area contributed by atoms with Gasteiger partial charge in [0, 0.05) is 23.5 Å². The van der Waals surface area contributed by atoms with Crippen molar-refractivity contribution in [1.82, 2.24) is 14.5 Å². The number of carbonyl (C=O) groups is 1. The maximum atomic E-state index is 13.9. The van der Waals surface area contributed by atoms with Crippen LogP contribution in [0.25, 0.3) is 15.9 Å². The number of hydrogen-bond acceptors (Lipinski definition) is 7. The third-order valence-corrected chi connectivity index (χ3v) is 8.46. The molecule has 1 aliphatic rings. The fourth-order valence-corrected chi connectivity index (χ4v) is 6.57. The number of carbonyl (C=O) groups excluding carboxylic acids is 1. The maximum Gasteiger partial charge on any atom is 0.267 e. The Morgan fingerprint density at radius 2 is 1.89 bits per heavy atom. The second-order valence-electron chi connectivity index (χ2n) is 8.61. The van der Waals surface area contributed by atoms with Gasteiger partial charge in [0.05, 0.1) is 23.9 Å². The van der Waals surface area contributed by atoms with E-state index < -0.39 is 0 Å². The Morgan fingerprint density at radius 1 is 1.14 bits per heavy atom. The van der Waals surface area contributed by atoms with E-state index in [9.17, 15) is 9.59 Å². The number of ether oxygens (including phenoxy) is 1. The van der Waals surface area contributed by atoms with Crippen LogP contribution in [-0.4, -0.2) is 46.2 Å². The molecule has 4 aromatic rings. The first kappa shape index (κ1) is 23.8. The Hall–Kier alpha value is -2.94. The summed E-state index contributed by atoms with van der Waals surface area (Å²) in [5, 5.41) is 1.27. The lowest BCUT2D eigenvalue weighted by Crippen LogP contribution is -2.30. The topological polar surface area (TPSA) is 64.4 Å². The summed E-state index contributed by atoms with van der Waals surface area (Å²) in [4.78, 5) is 36.1. The van der Waals surface area contributed by atoms with E-state index in [0.717, 1.165) is 53.1 Å². The highest BCUT2D eigenvalue weighted by Crippen LogP contribution is 2.34. The molecular formula is C27H27N3O3S2. The standard InChI is InChI=1S/C27H27N3O3S2/c1-4-29-14-13-21-23(15-29)35-25-24(21)26(32)30(19-9-5-17(2)6-10-19)27(28-25)34-16-22(31)18-7-11-20(33-3)12-8-18/h5-12H,4,13-16H2,1-3H3. The van der Waals surface area contributed by atoms with Gasteiger partial charge in [-0.05, 0) is 61.9 Å². The summed E-state index contributed by atoms with van der Waals surface area (Å²) in [6, 6.07) is 14.9. The first-order valence-corrected chi connectivity index (χ1v) is 13.5. The van der Waals surface area contributed by atoms with Crippen molar-refractivity contribution < 1.29 is 9.53 Å². The van der Waals surface area contributed by atoms with Crippen LogP contribution in [-0.2, 0) is 13.0 Å². The molecule has 0 atom stereocenters. The Kier molecular flexibility index (Phi) is 6.77. The lowest BCUT2D eigenvalue weighted by molar-refractivity contribution is 0.102. The quantitative estimate of drug-likeness (QED) is 0.197. The monoisotopic (exact) mass is 505 g/mol. The molecule has 2 aromatic heterocycles. The van der Waals surface area contributed by atoms with E-state index in [1.165, 1.54) is 16.6 Å². The fraction of sp³-hybridized carbons (Fsp3) is 0.296. The Bertz CT molecular complexity index is 1440. The van der Waals surface area contributed by atoms with E-state index in [4.69, 9.17) is 9.72 Å². The number of thiophene rings is 1. The summed E-state index contributed by atoms with van der Waals surface area (Å²) in [6.07, 6.45) is 0.858. The molecule has 6 nitrogen and oxygen atoms in total. The van der Waals surface area contributed by atoms with Gasteiger partial charge in [-0.15, -0.1) is 11.3 Å². The van der Waals surface area contributed by atoms with E-state index in [0.29, 0.717) is 16.5 Å². The highest BCUT2D eigenvalue weighted by molar-refractivity contribution is 7.99. The van der Waals surface area contributed by atoms with Crippen molar-refractivity contribution in [2.75, 3.05) is 26.0 Å². The molecule has 0 amide bonds. The summed E-state index contributed by atoms with van der Waals surface area (Å²) >= 11 is 2.92. The molecule has 0 N–H and O–H groups in total. The minimum Gasteiger partial charge on any atom is -0.497 e. The van der Waals surface area contributed by atoms with E-state index in [1.54, 1.807) is 47.3 Å². The zero-order valence-electron chi connectivity index (χ0n) is 20.0. The molecule has 0 aliphatic carbocycles. The molecule has 1 aliphatic heterocycles. The van der Waals surface area contributed by atoms with Gasteiger partial charge >= 0.3 is 0 Å². The maximum absolute atomic E-state index is 13.9. The third-order valence-electron chi connectivity index (χ3n) is 6.41. The number of fused-ring (bicyclic) bond motifs is 3. The highest BCUT2D eigenvalue weighted by Gasteiger charge is 2.25. The Labute approximate surface area is 212 Å². The van der Waals surface area contributed by atoms with E-state index in [2.05, 4.69) is 11.8 Å². The molecule has 0 fully saturated rings. The normalized spacial score (nSPS) is 13.7. The molecule has 0 saturated carbocycles. The average Bonchev–Trinajstić information content (AvgIpc) is 3.25. The summed E-state index contributed by atoms with van der Waals surface area (Å²) < 4.78 is 6.86. The van der Waals surface area contributed by atoms with Crippen LogP contribution in [0.15, 0.2) is 58.5 Å². The number of rotatable bonds is 7. The summed E-state index contributed by atoms with van der Waals surface area (Å²) in [5.41, 5.74) is 3.57. The van der Waals surface area contributed by atoms with Crippen LogP contribution in [0.1, 0.15) is 33.3 Å². The van der Waals surface area contributed by atoms with Gasteiger partial charge in [0.2, 0.25) is 0 Å². The second-order valence-corrected chi connectivity index (χ2v) is 10.6. The summed E-state index contributed by atoms with van der Waals surface area (Å²) in [6.45, 7) is 6.98. The third kappa shape index (κ3) is 4.66. The molecule has 35 heavy (non-hydrogen) atoms. The number of hydrogen-bond donors (Lipinski definition) is 0. The number of benzene rings is 2. The predicted octanol–water partition coefficient (Wildman–Crippen LogP) is 5.12. The number of nitrogens with zero attached hydrogens (tertiary/aromatic N) is 3. The molecular weight excluding hydrogens is 478 g/mol. The lowest BCUT2D eigenvalue weighted by Gasteiger charge is -2.25. The molecule has 2 aromatic carbocycles. The average molecular weight is 506 g/mol. The van der Waals surface area contributed by atoms with Crippen LogP contribution in [0.3, 0.4) is 0 Å². The highest BCUT2D eigenvalue weighted by atomic mass is 32.2. The zero-order valence-corrected chi connectivity index (χ0v) is 21.7. The number of aromatic nitrogens is 2. The lowest BCUT2D eigenvalue weighted by atomic mass is 10.1. The smallest absolute Gasteiger partial charge is 0.267 e. The number of aryl methyl sites for hydroxylation is 1. The molecule has 5 rings (SSSR count). The van der Waals surface area contributed by atoms with Crippen LogP contribution in [0, 0.1) is 6.92 Å². The first-order valence-electron chi connectivity index (χ1n) is 11.6. The van der Waals surface area contributed by atoms with Crippen LogP contribution in [0.4, 0.5) is 0 Å². The number of methoxy groups -OCH3 is 1. The SMILES string of the molecule is CCN1CCc2c(sc3nc(SCC(=O)c4ccc(OC)cc4)n(-c4ccc(C)cc4)c(=O)c23)C1. The van der Waals surface area contributed by atoms with Crippen molar-refractivity contribution >= 4 is 39.1 Å². The summed E-state index contributed by atoms with van der Waals surface area (Å²) in [5.74, 6) is 0.870. The van der Waals surface area contributed by atoms with Gasteiger partial charge in [-0.1, -0.05) is 36.4 Å².